The first-order chi connectivity index (χ1) is 10.1. The van der Waals surface area contributed by atoms with Gasteiger partial charge in [-0.2, -0.15) is 0 Å². The highest BCUT2D eigenvalue weighted by atomic mass is 16.4. The summed E-state index contributed by atoms with van der Waals surface area (Å²) in [5.74, 6) is 0. The van der Waals surface area contributed by atoms with Gasteiger partial charge in [0.1, 0.15) is 0 Å². The van der Waals surface area contributed by atoms with Gasteiger partial charge in [-0.25, -0.2) is 14.4 Å². The van der Waals surface area contributed by atoms with E-state index in [4.69, 9.17) is 15.3 Å². The van der Waals surface area contributed by atoms with E-state index in [1.165, 1.54) is 33.3 Å². The molecule has 3 amide bonds. The van der Waals surface area contributed by atoms with Crippen LogP contribution in [0.15, 0.2) is 12.1 Å². The van der Waals surface area contributed by atoms with Crippen molar-refractivity contribution in [2.24, 2.45) is 0 Å². The molecule has 0 aliphatic carbocycles. The third kappa shape index (κ3) is 3.19. The predicted molar refractivity (Wildman–Crippen MR) is 80.2 cm³/mol. The third-order valence-electron chi connectivity index (χ3n) is 3.16. The van der Waals surface area contributed by atoms with Gasteiger partial charge >= 0.3 is 18.3 Å². The topological polar surface area (TPSA) is 122 Å². The number of amides is 3. The minimum Gasteiger partial charge on any atom is -0.465 e. The van der Waals surface area contributed by atoms with E-state index in [1.54, 1.807) is 0 Å². The Bertz CT molecular complexity index is 589. The molecule has 1 aromatic rings. The zero-order valence-corrected chi connectivity index (χ0v) is 12.3. The van der Waals surface area contributed by atoms with Crippen LogP contribution in [-0.2, 0) is 0 Å². The molecule has 3 N–H and O–H groups in total. The van der Waals surface area contributed by atoms with E-state index >= 15 is 0 Å². The van der Waals surface area contributed by atoms with Gasteiger partial charge in [0.2, 0.25) is 0 Å². The number of anilines is 3. The number of hydrogen-bond acceptors (Lipinski definition) is 3. The first-order valence-corrected chi connectivity index (χ1v) is 5.97. The van der Waals surface area contributed by atoms with Crippen molar-refractivity contribution in [3.05, 3.63) is 24.6 Å². The van der Waals surface area contributed by atoms with Gasteiger partial charge in [-0.1, -0.05) is 0 Å². The molecule has 1 aromatic carbocycles. The summed E-state index contributed by atoms with van der Waals surface area (Å²) < 4.78 is 0. The van der Waals surface area contributed by atoms with Gasteiger partial charge in [0, 0.05) is 26.7 Å². The molecule has 22 heavy (non-hydrogen) atoms. The van der Waals surface area contributed by atoms with Crippen LogP contribution in [0.4, 0.5) is 31.4 Å². The monoisotopic (exact) mass is 310 g/mol. The quantitative estimate of drug-likeness (QED) is 0.787. The Morgan fingerprint density at radius 1 is 0.818 bits per heavy atom. The first kappa shape index (κ1) is 17.1. The van der Waals surface area contributed by atoms with Crippen LogP contribution >= 0.6 is 0 Å². The number of hydrogen-bond donors (Lipinski definition) is 3. The van der Waals surface area contributed by atoms with Gasteiger partial charge in [-0.15, -0.1) is 0 Å². The Morgan fingerprint density at radius 3 is 1.41 bits per heavy atom. The van der Waals surface area contributed by atoms with Crippen LogP contribution < -0.4 is 14.7 Å². The minimum atomic E-state index is -1.29. The minimum absolute atomic E-state index is 0.0844. The molecule has 0 unspecified atom stereocenters. The first-order valence-electron chi connectivity index (χ1n) is 5.97. The van der Waals surface area contributed by atoms with Crippen molar-refractivity contribution in [2.75, 3.05) is 35.8 Å². The van der Waals surface area contributed by atoms with Gasteiger partial charge in [0.15, 0.2) is 0 Å². The summed E-state index contributed by atoms with van der Waals surface area (Å²) >= 11 is 0. The maximum atomic E-state index is 11.1. The van der Waals surface area contributed by atoms with Crippen molar-refractivity contribution in [2.45, 2.75) is 0 Å². The Balaban J connectivity index is 3.59. The second-order valence-corrected chi connectivity index (χ2v) is 4.49. The van der Waals surface area contributed by atoms with Gasteiger partial charge in [0.05, 0.1) is 17.1 Å². The van der Waals surface area contributed by atoms with Crippen molar-refractivity contribution in [1.82, 2.24) is 0 Å². The number of benzene rings is 1. The Hall–Kier alpha value is -2.97. The van der Waals surface area contributed by atoms with E-state index in [-0.39, 0.29) is 22.6 Å². The number of rotatable bonds is 3. The lowest BCUT2D eigenvalue weighted by atomic mass is 10.1. The van der Waals surface area contributed by atoms with E-state index in [0.29, 0.717) is 0 Å². The molecule has 9 nitrogen and oxygen atoms in total. The van der Waals surface area contributed by atoms with E-state index in [2.05, 4.69) is 6.92 Å². The van der Waals surface area contributed by atoms with E-state index < -0.39 is 18.3 Å². The second kappa shape index (κ2) is 6.20. The Labute approximate surface area is 126 Å². The lowest BCUT2D eigenvalue weighted by Gasteiger charge is -2.25. The molecule has 0 aromatic heterocycles. The Kier molecular flexibility index (Phi) is 4.82. The van der Waals surface area contributed by atoms with Gasteiger partial charge in [0.25, 0.3) is 0 Å². The molecule has 9 heteroatoms. The number of carboxylic acid groups (broad SMARTS) is 3. The van der Waals surface area contributed by atoms with Crippen LogP contribution in [0.1, 0.15) is 5.56 Å². The smallest absolute Gasteiger partial charge is 0.411 e. The lowest BCUT2D eigenvalue weighted by Crippen LogP contribution is -2.30. The highest BCUT2D eigenvalue weighted by Gasteiger charge is 2.22. The molecule has 0 aliphatic rings. The SMILES string of the molecule is [CH2]c1c(N(C)C(=O)O)cc(N(C)C(=O)O)cc1N(C)C(=O)O. The fraction of sp³-hybridized carbons (Fsp3) is 0.231. The maximum absolute atomic E-state index is 11.1. The summed E-state index contributed by atoms with van der Waals surface area (Å²) in [6.07, 6.45) is -3.85. The largest absolute Gasteiger partial charge is 0.465 e. The number of nitrogens with zero attached hydrogens (tertiary/aromatic N) is 3. The van der Waals surface area contributed by atoms with Crippen LogP contribution in [-0.4, -0.2) is 54.7 Å². The second-order valence-electron chi connectivity index (χ2n) is 4.49. The number of carbonyl (C=O) groups is 3. The third-order valence-corrected chi connectivity index (χ3v) is 3.16. The lowest BCUT2D eigenvalue weighted by molar-refractivity contribution is 0.202. The van der Waals surface area contributed by atoms with Crippen molar-refractivity contribution in [1.29, 1.82) is 0 Å². The molecule has 0 spiro atoms. The molecular formula is C13H16N3O6. The van der Waals surface area contributed by atoms with Crippen LogP contribution in [0.3, 0.4) is 0 Å². The maximum Gasteiger partial charge on any atom is 0.411 e. The van der Waals surface area contributed by atoms with Crippen molar-refractivity contribution in [3.63, 3.8) is 0 Å². The summed E-state index contributed by atoms with van der Waals surface area (Å²) in [6, 6.07) is 2.62. The molecule has 1 rings (SSSR count). The Morgan fingerprint density at radius 2 is 1.14 bits per heavy atom. The molecule has 0 heterocycles. The fourth-order valence-corrected chi connectivity index (χ4v) is 1.74. The predicted octanol–water partition coefficient (Wildman–Crippen LogP) is 2.21. The van der Waals surface area contributed by atoms with E-state index in [1.807, 2.05) is 0 Å². The average molecular weight is 310 g/mol. The van der Waals surface area contributed by atoms with Crippen LogP contribution in [0.2, 0.25) is 0 Å². The van der Waals surface area contributed by atoms with E-state index in [0.717, 1.165) is 14.7 Å². The van der Waals surface area contributed by atoms with Crippen LogP contribution in [0, 0.1) is 6.92 Å². The zero-order valence-electron chi connectivity index (χ0n) is 12.3. The van der Waals surface area contributed by atoms with Crippen molar-refractivity contribution >= 4 is 35.3 Å². The summed E-state index contributed by atoms with van der Waals surface area (Å²) in [5, 5.41) is 27.2. The zero-order chi connectivity index (χ0) is 17.2. The molecular weight excluding hydrogens is 294 g/mol. The summed E-state index contributed by atoms with van der Waals surface area (Å²) in [5.41, 5.74) is 0.436. The van der Waals surface area contributed by atoms with Crippen molar-refractivity contribution in [3.8, 4) is 0 Å². The molecule has 119 valence electrons. The van der Waals surface area contributed by atoms with Gasteiger partial charge in [-0.05, 0) is 19.1 Å². The molecule has 1 radical (unpaired) electrons. The fourth-order valence-electron chi connectivity index (χ4n) is 1.74. The van der Waals surface area contributed by atoms with Crippen LogP contribution in [0.5, 0.6) is 0 Å². The summed E-state index contributed by atoms with van der Waals surface area (Å²) in [6.45, 7) is 3.70. The van der Waals surface area contributed by atoms with Crippen LogP contribution in [0.25, 0.3) is 0 Å². The highest BCUT2D eigenvalue weighted by molar-refractivity contribution is 5.96. The molecule has 0 saturated carbocycles. The molecule has 0 aliphatic heterocycles. The molecule has 0 saturated heterocycles. The molecule has 0 fully saturated rings. The average Bonchev–Trinajstić information content (AvgIpc) is 2.44. The molecule has 0 bridgehead atoms. The normalized spacial score (nSPS) is 10.0. The highest BCUT2D eigenvalue weighted by Crippen LogP contribution is 2.34. The van der Waals surface area contributed by atoms with Crippen molar-refractivity contribution < 1.29 is 29.7 Å². The van der Waals surface area contributed by atoms with Gasteiger partial charge in [-0.3, -0.25) is 14.7 Å². The van der Waals surface area contributed by atoms with E-state index in [9.17, 15) is 14.4 Å². The summed E-state index contributed by atoms with van der Waals surface area (Å²) in [7, 11) is 3.76. The molecule has 0 atom stereocenters. The van der Waals surface area contributed by atoms with Gasteiger partial charge < -0.3 is 15.3 Å². The standard InChI is InChI=1S/C13H16N3O6/c1-7-9(15(3)12(19)20)5-8(14(2)11(17)18)6-10(7)16(4)13(21)22/h5-6H,1H2,2-4H3,(H,17,18)(H,19,20)(H,21,22). The summed E-state index contributed by atoms with van der Waals surface area (Å²) in [4.78, 5) is 35.8.